The minimum absolute atomic E-state index is 0.159. The Morgan fingerprint density at radius 2 is 2.00 bits per heavy atom. The molecular formula is C15H21N3O3. The second-order valence-corrected chi connectivity index (χ2v) is 5.69. The van der Waals surface area contributed by atoms with Crippen LogP contribution in [0.5, 0.6) is 0 Å². The topological polar surface area (TPSA) is 81.7 Å². The molecule has 1 aliphatic rings. The van der Waals surface area contributed by atoms with Crippen LogP contribution in [0.3, 0.4) is 0 Å². The predicted octanol–water partition coefficient (Wildman–Crippen LogP) is 1.48. The third-order valence-electron chi connectivity index (χ3n) is 3.74. The van der Waals surface area contributed by atoms with E-state index in [0.29, 0.717) is 18.8 Å². The van der Waals surface area contributed by atoms with Crippen molar-refractivity contribution in [3.63, 3.8) is 0 Å². The van der Waals surface area contributed by atoms with E-state index in [0.717, 1.165) is 5.56 Å². The maximum Gasteiger partial charge on any atom is 0.322 e. The molecule has 1 saturated heterocycles. The van der Waals surface area contributed by atoms with Gasteiger partial charge in [-0.25, -0.2) is 4.79 Å². The summed E-state index contributed by atoms with van der Waals surface area (Å²) in [6.45, 7) is 6.05. The number of aliphatic hydroxyl groups is 1. The summed E-state index contributed by atoms with van der Waals surface area (Å²) in [6.07, 6.45) is -0.542. The van der Waals surface area contributed by atoms with Gasteiger partial charge in [0.1, 0.15) is 5.54 Å². The number of piperazine rings is 1. The Morgan fingerprint density at radius 3 is 2.57 bits per heavy atom. The summed E-state index contributed by atoms with van der Waals surface area (Å²) in [4.78, 5) is 25.7. The summed E-state index contributed by atoms with van der Waals surface area (Å²) in [6, 6.07) is 6.68. The van der Waals surface area contributed by atoms with E-state index in [1.165, 1.54) is 4.90 Å². The number of hydrogen-bond donors (Lipinski definition) is 3. The van der Waals surface area contributed by atoms with Gasteiger partial charge in [-0.2, -0.15) is 0 Å². The van der Waals surface area contributed by atoms with E-state index in [1.54, 1.807) is 45.0 Å². The van der Waals surface area contributed by atoms with Crippen molar-refractivity contribution in [3.05, 3.63) is 29.8 Å². The van der Waals surface area contributed by atoms with Crippen molar-refractivity contribution in [2.24, 2.45) is 0 Å². The van der Waals surface area contributed by atoms with Crippen molar-refractivity contribution in [3.8, 4) is 0 Å². The van der Waals surface area contributed by atoms with E-state index in [9.17, 15) is 14.7 Å². The molecule has 21 heavy (non-hydrogen) atoms. The van der Waals surface area contributed by atoms with E-state index >= 15 is 0 Å². The second-order valence-electron chi connectivity index (χ2n) is 5.69. The van der Waals surface area contributed by atoms with Crippen molar-refractivity contribution >= 4 is 17.6 Å². The second kappa shape index (κ2) is 5.73. The van der Waals surface area contributed by atoms with Crippen LogP contribution in [0.2, 0.25) is 0 Å². The number of benzene rings is 1. The number of nitrogens with one attached hydrogen (secondary N) is 2. The van der Waals surface area contributed by atoms with Gasteiger partial charge in [0.15, 0.2) is 0 Å². The molecule has 6 nitrogen and oxygen atoms in total. The number of aliphatic hydroxyl groups excluding tert-OH is 1. The van der Waals surface area contributed by atoms with Crippen LogP contribution in [0, 0.1) is 0 Å². The highest BCUT2D eigenvalue weighted by molar-refractivity contribution is 5.96. The van der Waals surface area contributed by atoms with E-state index in [-0.39, 0.29) is 11.9 Å². The fourth-order valence-corrected chi connectivity index (χ4v) is 2.29. The number of amides is 3. The number of urea groups is 1. The van der Waals surface area contributed by atoms with Gasteiger partial charge < -0.3 is 20.6 Å². The molecular weight excluding hydrogens is 270 g/mol. The minimum atomic E-state index is -0.873. The molecule has 1 heterocycles. The number of carbonyl (C=O) groups is 2. The normalized spacial score (nSPS) is 18.9. The molecule has 2 rings (SSSR count). The van der Waals surface area contributed by atoms with Crippen molar-refractivity contribution in [2.45, 2.75) is 32.4 Å². The molecule has 6 heteroatoms. The first kappa shape index (κ1) is 15.3. The number of nitrogens with zero attached hydrogens (tertiary/aromatic N) is 1. The van der Waals surface area contributed by atoms with Gasteiger partial charge in [-0.15, -0.1) is 0 Å². The smallest absolute Gasteiger partial charge is 0.322 e. The van der Waals surface area contributed by atoms with E-state index in [2.05, 4.69) is 10.6 Å². The zero-order valence-corrected chi connectivity index (χ0v) is 12.5. The molecule has 0 radical (unpaired) electrons. The van der Waals surface area contributed by atoms with Crippen molar-refractivity contribution in [1.82, 2.24) is 10.2 Å². The maximum atomic E-state index is 12.3. The van der Waals surface area contributed by atoms with E-state index in [1.807, 2.05) is 0 Å². The molecule has 1 atom stereocenters. The number of carbonyl (C=O) groups excluding carboxylic acids is 2. The first-order chi connectivity index (χ1) is 9.82. The van der Waals surface area contributed by atoms with Gasteiger partial charge in [-0.05, 0) is 38.5 Å². The first-order valence-corrected chi connectivity index (χ1v) is 6.97. The number of rotatable bonds is 2. The molecule has 0 spiro atoms. The average Bonchev–Trinajstić information content (AvgIpc) is 2.42. The summed E-state index contributed by atoms with van der Waals surface area (Å²) in [7, 11) is 0. The molecule has 1 fully saturated rings. The van der Waals surface area contributed by atoms with E-state index < -0.39 is 11.6 Å². The molecule has 0 saturated carbocycles. The van der Waals surface area contributed by atoms with Gasteiger partial charge in [0, 0.05) is 18.8 Å². The van der Waals surface area contributed by atoms with Crippen LogP contribution in [0.1, 0.15) is 32.4 Å². The molecule has 0 aromatic heterocycles. The fourth-order valence-electron chi connectivity index (χ4n) is 2.29. The molecule has 3 amide bonds. The zero-order chi connectivity index (χ0) is 15.6. The van der Waals surface area contributed by atoms with Crippen LogP contribution in [0.4, 0.5) is 10.5 Å². The summed E-state index contributed by atoms with van der Waals surface area (Å²) < 4.78 is 0. The van der Waals surface area contributed by atoms with Crippen LogP contribution >= 0.6 is 0 Å². The largest absolute Gasteiger partial charge is 0.389 e. The lowest BCUT2D eigenvalue weighted by molar-refractivity contribution is -0.132. The van der Waals surface area contributed by atoms with Gasteiger partial charge >= 0.3 is 6.03 Å². The molecule has 114 valence electrons. The third kappa shape index (κ3) is 3.16. The molecule has 0 bridgehead atoms. The van der Waals surface area contributed by atoms with Crippen LogP contribution in [0.25, 0.3) is 0 Å². The minimum Gasteiger partial charge on any atom is -0.389 e. The first-order valence-electron chi connectivity index (χ1n) is 6.97. The monoisotopic (exact) mass is 291 g/mol. The predicted molar refractivity (Wildman–Crippen MR) is 79.9 cm³/mol. The lowest BCUT2D eigenvalue weighted by Gasteiger charge is -2.40. The molecule has 1 unspecified atom stereocenters. The highest BCUT2D eigenvalue weighted by atomic mass is 16.3. The Balaban J connectivity index is 2.08. The Hall–Kier alpha value is -2.08. The Morgan fingerprint density at radius 1 is 1.38 bits per heavy atom. The standard InChI is InChI=1S/C15H21N3O3/c1-10(19)11-4-6-12(7-5-11)17-14(21)18-9-8-16-13(20)15(18,2)3/h4-7,10,19H,8-9H2,1-3H3,(H,16,20)(H,17,21). The Labute approximate surface area is 124 Å². The third-order valence-corrected chi connectivity index (χ3v) is 3.74. The molecule has 1 aromatic carbocycles. The van der Waals surface area contributed by atoms with Crippen LogP contribution in [-0.2, 0) is 4.79 Å². The lowest BCUT2D eigenvalue weighted by Crippen LogP contribution is -2.64. The molecule has 1 aliphatic heterocycles. The van der Waals surface area contributed by atoms with Crippen LogP contribution in [0.15, 0.2) is 24.3 Å². The van der Waals surface area contributed by atoms with Crippen molar-refractivity contribution in [1.29, 1.82) is 0 Å². The average molecular weight is 291 g/mol. The van der Waals surface area contributed by atoms with E-state index in [4.69, 9.17) is 0 Å². The number of anilines is 1. The van der Waals surface area contributed by atoms with Gasteiger partial charge in [-0.1, -0.05) is 12.1 Å². The Bertz CT molecular complexity index is 538. The zero-order valence-electron chi connectivity index (χ0n) is 12.5. The summed E-state index contributed by atoms with van der Waals surface area (Å²) in [5.41, 5.74) is 0.541. The summed E-state index contributed by atoms with van der Waals surface area (Å²) >= 11 is 0. The Kier molecular flexibility index (Phi) is 4.18. The highest BCUT2D eigenvalue weighted by Crippen LogP contribution is 2.20. The lowest BCUT2D eigenvalue weighted by atomic mass is 9.99. The van der Waals surface area contributed by atoms with Crippen molar-refractivity contribution in [2.75, 3.05) is 18.4 Å². The van der Waals surface area contributed by atoms with Crippen LogP contribution in [-0.4, -0.2) is 40.6 Å². The summed E-state index contributed by atoms with van der Waals surface area (Å²) in [5.74, 6) is -0.159. The van der Waals surface area contributed by atoms with Gasteiger partial charge in [-0.3, -0.25) is 4.79 Å². The SMILES string of the molecule is CC(O)c1ccc(NC(=O)N2CCNC(=O)C2(C)C)cc1. The molecule has 3 N–H and O–H groups in total. The molecule has 1 aromatic rings. The van der Waals surface area contributed by atoms with Gasteiger partial charge in [0.05, 0.1) is 6.10 Å². The van der Waals surface area contributed by atoms with Crippen molar-refractivity contribution < 1.29 is 14.7 Å². The van der Waals surface area contributed by atoms with Gasteiger partial charge in [0.25, 0.3) is 0 Å². The van der Waals surface area contributed by atoms with Crippen LogP contribution < -0.4 is 10.6 Å². The van der Waals surface area contributed by atoms with Gasteiger partial charge in [0.2, 0.25) is 5.91 Å². The number of hydrogen-bond acceptors (Lipinski definition) is 3. The highest BCUT2D eigenvalue weighted by Gasteiger charge is 2.40. The fraction of sp³-hybridized carbons (Fsp3) is 0.467. The quantitative estimate of drug-likeness (QED) is 0.772. The summed E-state index contributed by atoms with van der Waals surface area (Å²) in [5, 5.41) is 15.0. The molecule has 0 aliphatic carbocycles. The maximum absolute atomic E-state index is 12.3.